The molecule has 26 heavy (non-hydrogen) atoms. The number of hydrogen-bond acceptors (Lipinski definition) is 5. The van der Waals surface area contributed by atoms with E-state index in [1.54, 1.807) is 24.3 Å². The summed E-state index contributed by atoms with van der Waals surface area (Å²) in [4.78, 5) is 19.9. The van der Waals surface area contributed by atoms with Crippen LogP contribution in [-0.4, -0.2) is 24.3 Å². The summed E-state index contributed by atoms with van der Waals surface area (Å²) >= 11 is 0. The van der Waals surface area contributed by atoms with E-state index in [0.717, 1.165) is 5.56 Å². The Kier molecular flexibility index (Phi) is 4.94. The van der Waals surface area contributed by atoms with Gasteiger partial charge in [-0.3, -0.25) is 4.79 Å². The van der Waals surface area contributed by atoms with Gasteiger partial charge < -0.3 is 5.32 Å². The van der Waals surface area contributed by atoms with Gasteiger partial charge in [-0.2, -0.15) is 0 Å². The Morgan fingerprint density at radius 2 is 1.65 bits per heavy atom. The average Bonchev–Trinajstić information content (AvgIpc) is 2.62. The van der Waals surface area contributed by atoms with Crippen LogP contribution in [0.25, 0.3) is 0 Å². The van der Waals surface area contributed by atoms with Gasteiger partial charge in [0.1, 0.15) is 0 Å². The van der Waals surface area contributed by atoms with Gasteiger partial charge in [0.05, 0.1) is 4.90 Å². The van der Waals surface area contributed by atoms with Crippen molar-refractivity contribution in [3.63, 3.8) is 0 Å². The highest BCUT2D eigenvalue weighted by atomic mass is 32.2. The number of nitrogens with zero attached hydrogens (tertiary/aromatic N) is 2. The van der Waals surface area contributed by atoms with Gasteiger partial charge >= 0.3 is 0 Å². The minimum absolute atomic E-state index is 0.00988. The highest BCUT2D eigenvalue weighted by Crippen LogP contribution is 2.17. The summed E-state index contributed by atoms with van der Waals surface area (Å²) in [6, 6.07) is 14.6. The molecule has 0 spiro atoms. The topological polar surface area (TPSA) is 101 Å². The molecule has 0 bridgehead atoms. The number of anilines is 2. The molecular weight excluding hydrogens is 352 g/mol. The number of nitrogens with one attached hydrogen (secondary N) is 2. The Balaban J connectivity index is 1.73. The summed E-state index contributed by atoms with van der Waals surface area (Å²) < 4.78 is 26.9. The van der Waals surface area contributed by atoms with Crippen LogP contribution in [0.4, 0.5) is 11.6 Å². The van der Waals surface area contributed by atoms with E-state index in [0.29, 0.717) is 11.3 Å². The van der Waals surface area contributed by atoms with Crippen LogP contribution < -0.4 is 10.0 Å². The van der Waals surface area contributed by atoms with Crippen LogP contribution in [-0.2, 0) is 10.0 Å². The van der Waals surface area contributed by atoms with Crippen molar-refractivity contribution in [1.29, 1.82) is 0 Å². The Morgan fingerprint density at radius 1 is 0.962 bits per heavy atom. The molecule has 3 aromatic rings. The molecule has 2 N–H and O–H groups in total. The van der Waals surface area contributed by atoms with Crippen molar-refractivity contribution < 1.29 is 13.2 Å². The van der Waals surface area contributed by atoms with Crippen molar-refractivity contribution in [1.82, 2.24) is 9.97 Å². The number of hydrogen-bond donors (Lipinski definition) is 2. The third-order valence-electron chi connectivity index (χ3n) is 3.49. The first-order valence-electron chi connectivity index (χ1n) is 7.72. The molecular formula is C18H16N4O3S. The summed E-state index contributed by atoms with van der Waals surface area (Å²) in [5.41, 5.74) is 2.00. The van der Waals surface area contributed by atoms with Crippen LogP contribution in [0.2, 0.25) is 0 Å². The molecule has 132 valence electrons. The smallest absolute Gasteiger partial charge is 0.264 e. The number of rotatable bonds is 5. The van der Waals surface area contributed by atoms with Crippen LogP contribution in [0.5, 0.6) is 0 Å². The minimum Gasteiger partial charge on any atom is -0.322 e. The Morgan fingerprint density at radius 3 is 2.31 bits per heavy atom. The third kappa shape index (κ3) is 4.22. The summed E-state index contributed by atoms with van der Waals surface area (Å²) in [6.45, 7) is 1.90. The lowest BCUT2D eigenvalue weighted by atomic mass is 10.1. The van der Waals surface area contributed by atoms with Gasteiger partial charge in [0, 0.05) is 23.6 Å². The van der Waals surface area contributed by atoms with E-state index < -0.39 is 10.0 Å². The maximum absolute atomic E-state index is 12.3. The van der Waals surface area contributed by atoms with E-state index >= 15 is 0 Å². The summed E-state index contributed by atoms with van der Waals surface area (Å²) in [7, 11) is -3.80. The van der Waals surface area contributed by atoms with E-state index in [1.165, 1.54) is 36.7 Å². The first-order valence-corrected chi connectivity index (χ1v) is 9.20. The Bertz CT molecular complexity index is 1020. The average molecular weight is 368 g/mol. The normalized spacial score (nSPS) is 11.0. The number of carbonyl (C=O) groups excluding carboxylic acids is 1. The molecule has 0 unspecified atom stereocenters. The number of aryl methyl sites for hydroxylation is 1. The first kappa shape index (κ1) is 17.6. The number of amides is 1. The Labute approximate surface area is 151 Å². The fourth-order valence-corrected chi connectivity index (χ4v) is 3.20. The van der Waals surface area contributed by atoms with E-state index in [-0.39, 0.29) is 16.8 Å². The second kappa shape index (κ2) is 7.32. The molecule has 0 saturated heterocycles. The van der Waals surface area contributed by atoms with Gasteiger partial charge in [0.2, 0.25) is 5.95 Å². The van der Waals surface area contributed by atoms with E-state index in [2.05, 4.69) is 20.0 Å². The van der Waals surface area contributed by atoms with E-state index in [4.69, 9.17) is 0 Å². The molecule has 0 saturated carbocycles. The predicted octanol–water partition coefficient (Wildman–Crippen LogP) is 2.84. The SMILES string of the molecule is Cc1cccc(C(=O)Nc2ccc(S(=O)(=O)Nc3ncccn3)cc2)c1. The third-order valence-corrected chi connectivity index (χ3v) is 4.84. The lowest BCUT2D eigenvalue weighted by Gasteiger charge is -2.09. The summed E-state index contributed by atoms with van der Waals surface area (Å²) in [6.07, 6.45) is 2.88. The van der Waals surface area contributed by atoms with Crippen molar-refractivity contribution in [3.8, 4) is 0 Å². The Hall–Kier alpha value is -3.26. The van der Waals surface area contributed by atoms with E-state index in [1.807, 2.05) is 13.0 Å². The number of sulfonamides is 1. The largest absolute Gasteiger partial charge is 0.322 e. The molecule has 8 heteroatoms. The summed E-state index contributed by atoms with van der Waals surface area (Å²) in [5.74, 6) is -0.274. The molecule has 2 aromatic carbocycles. The van der Waals surface area contributed by atoms with Crippen LogP contribution in [0, 0.1) is 6.92 Å². The zero-order valence-electron chi connectivity index (χ0n) is 13.9. The molecule has 0 aliphatic heterocycles. The van der Waals surface area contributed by atoms with E-state index in [9.17, 15) is 13.2 Å². The quantitative estimate of drug-likeness (QED) is 0.721. The standard InChI is InChI=1S/C18H16N4O3S/c1-13-4-2-5-14(12-13)17(23)21-15-6-8-16(9-7-15)26(24,25)22-18-19-10-3-11-20-18/h2-12H,1H3,(H,21,23)(H,19,20,22). The fourth-order valence-electron chi connectivity index (χ4n) is 2.24. The number of benzene rings is 2. The summed E-state index contributed by atoms with van der Waals surface area (Å²) in [5, 5.41) is 2.73. The lowest BCUT2D eigenvalue weighted by molar-refractivity contribution is 0.102. The fraction of sp³-hybridized carbons (Fsp3) is 0.0556. The van der Waals surface area contributed by atoms with Crippen LogP contribution >= 0.6 is 0 Å². The zero-order chi connectivity index (χ0) is 18.6. The highest BCUT2D eigenvalue weighted by molar-refractivity contribution is 7.92. The monoisotopic (exact) mass is 368 g/mol. The number of carbonyl (C=O) groups is 1. The molecule has 1 amide bonds. The van der Waals surface area contributed by atoms with Crippen molar-refractivity contribution in [2.24, 2.45) is 0 Å². The molecule has 0 atom stereocenters. The van der Waals surface area contributed by atoms with Crippen LogP contribution in [0.15, 0.2) is 71.9 Å². The molecule has 1 aromatic heterocycles. The van der Waals surface area contributed by atoms with Crippen molar-refractivity contribution in [2.45, 2.75) is 11.8 Å². The van der Waals surface area contributed by atoms with Gasteiger partial charge in [-0.15, -0.1) is 0 Å². The van der Waals surface area contributed by atoms with Crippen LogP contribution in [0.3, 0.4) is 0 Å². The van der Waals surface area contributed by atoms with Gasteiger partial charge in [-0.1, -0.05) is 17.7 Å². The van der Waals surface area contributed by atoms with Gasteiger partial charge in [0.15, 0.2) is 0 Å². The molecule has 3 rings (SSSR count). The van der Waals surface area contributed by atoms with Crippen LogP contribution in [0.1, 0.15) is 15.9 Å². The lowest BCUT2D eigenvalue weighted by Crippen LogP contribution is -2.15. The predicted molar refractivity (Wildman–Crippen MR) is 98.4 cm³/mol. The van der Waals surface area contributed by atoms with Crippen molar-refractivity contribution >= 4 is 27.6 Å². The zero-order valence-corrected chi connectivity index (χ0v) is 14.7. The van der Waals surface area contributed by atoms with Crippen molar-refractivity contribution in [3.05, 3.63) is 78.1 Å². The van der Waals surface area contributed by atoms with Gasteiger partial charge in [0.25, 0.3) is 15.9 Å². The van der Waals surface area contributed by atoms with Crippen molar-refractivity contribution in [2.75, 3.05) is 10.0 Å². The molecule has 0 aliphatic carbocycles. The second-order valence-electron chi connectivity index (χ2n) is 5.53. The molecule has 1 heterocycles. The van der Waals surface area contributed by atoms with Gasteiger partial charge in [-0.25, -0.2) is 23.1 Å². The first-order chi connectivity index (χ1) is 12.4. The van der Waals surface area contributed by atoms with Gasteiger partial charge in [-0.05, 0) is 49.4 Å². The molecule has 7 nitrogen and oxygen atoms in total. The molecule has 0 aliphatic rings. The number of aromatic nitrogens is 2. The second-order valence-corrected chi connectivity index (χ2v) is 7.21. The maximum atomic E-state index is 12.3. The highest BCUT2D eigenvalue weighted by Gasteiger charge is 2.15. The molecule has 0 radical (unpaired) electrons. The maximum Gasteiger partial charge on any atom is 0.264 e. The minimum atomic E-state index is -3.80. The molecule has 0 fully saturated rings.